The number of furan rings is 1. The minimum Gasteiger partial charge on any atom is -0.464 e. The second-order valence-electron chi connectivity index (χ2n) is 4.84. The number of benzene rings is 1. The van der Waals surface area contributed by atoms with Crippen LogP contribution in [0.4, 0.5) is 0 Å². The van der Waals surface area contributed by atoms with E-state index in [0.717, 1.165) is 34.1 Å². The van der Waals surface area contributed by atoms with E-state index in [1.807, 2.05) is 18.2 Å². The molecule has 1 aromatic carbocycles. The molecule has 1 amide bonds. The molecule has 0 atom stereocenters. The summed E-state index contributed by atoms with van der Waals surface area (Å²) < 4.78 is 5.51. The molecule has 0 aliphatic carbocycles. The summed E-state index contributed by atoms with van der Waals surface area (Å²) in [4.78, 5) is 15.3. The van der Waals surface area contributed by atoms with Crippen molar-refractivity contribution in [1.82, 2.24) is 4.98 Å². The number of rotatable bonds is 4. The molecule has 0 spiro atoms. The van der Waals surface area contributed by atoms with Gasteiger partial charge in [0.2, 0.25) is 5.91 Å². The third-order valence-electron chi connectivity index (χ3n) is 3.42. The van der Waals surface area contributed by atoms with Crippen LogP contribution in [0.25, 0.3) is 22.1 Å². The summed E-state index contributed by atoms with van der Waals surface area (Å²) in [5.74, 6) is -0.488. The van der Waals surface area contributed by atoms with Crippen LogP contribution >= 0.6 is 0 Å². The van der Waals surface area contributed by atoms with Gasteiger partial charge in [0.15, 0.2) is 0 Å². The van der Waals surface area contributed by atoms with Crippen molar-refractivity contribution >= 4 is 16.9 Å². The lowest BCUT2D eigenvalue weighted by Gasteiger charge is -2.04. The second kappa shape index (κ2) is 5.38. The van der Waals surface area contributed by atoms with Gasteiger partial charge in [-0.05, 0) is 42.3 Å². The van der Waals surface area contributed by atoms with Gasteiger partial charge < -0.3 is 15.9 Å². The van der Waals surface area contributed by atoms with Crippen LogP contribution in [0, 0.1) is 0 Å². The van der Waals surface area contributed by atoms with Gasteiger partial charge in [-0.1, -0.05) is 6.07 Å². The van der Waals surface area contributed by atoms with E-state index >= 15 is 0 Å². The third-order valence-corrected chi connectivity index (χ3v) is 3.42. The van der Waals surface area contributed by atoms with Gasteiger partial charge in [-0.3, -0.25) is 9.78 Å². The lowest BCUT2D eigenvalue weighted by atomic mass is 10.0. The average molecular weight is 281 g/mol. The molecule has 0 bridgehead atoms. The van der Waals surface area contributed by atoms with Crippen molar-refractivity contribution in [2.75, 3.05) is 6.54 Å². The number of aromatic nitrogens is 1. The molecule has 0 radical (unpaired) electrons. The fraction of sp³-hybridized carbons (Fsp3) is 0.125. The molecule has 4 N–H and O–H groups in total. The van der Waals surface area contributed by atoms with E-state index in [9.17, 15) is 4.79 Å². The summed E-state index contributed by atoms with van der Waals surface area (Å²) in [5, 5.41) is 1.03. The number of hydrogen-bond donors (Lipinski definition) is 2. The maximum absolute atomic E-state index is 11.2. The fourth-order valence-corrected chi connectivity index (χ4v) is 2.34. The van der Waals surface area contributed by atoms with Crippen LogP contribution < -0.4 is 11.5 Å². The molecule has 3 rings (SSSR count). The highest BCUT2D eigenvalue weighted by Crippen LogP contribution is 2.28. The highest BCUT2D eigenvalue weighted by molar-refractivity contribution is 5.94. The third kappa shape index (κ3) is 2.51. The summed E-state index contributed by atoms with van der Waals surface area (Å²) in [7, 11) is 0. The molecule has 106 valence electrons. The fourth-order valence-electron chi connectivity index (χ4n) is 2.34. The Morgan fingerprint density at radius 3 is 2.81 bits per heavy atom. The summed E-state index contributed by atoms with van der Waals surface area (Å²) in [6.07, 6.45) is 5.66. The van der Waals surface area contributed by atoms with E-state index in [0.29, 0.717) is 12.1 Å². The van der Waals surface area contributed by atoms with Gasteiger partial charge in [0, 0.05) is 23.3 Å². The van der Waals surface area contributed by atoms with E-state index in [1.54, 1.807) is 18.5 Å². The van der Waals surface area contributed by atoms with E-state index in [4.69, 9.17) is 15.9 Å². The Labute approximate surface area is 121 Å². The zero-order valence-electron chi connectivity index (χ0n) is 11.4. The molecular weight excluding hydrogens is 266 g/mol. The van der Waals surface area contributed by atoms with Gasteiger partial charge in [-0.15, -0.1) is 0 Å². The zero-order valence-corrected chi connectivity index (χ0v) is 11.4. The first kappa shape index (κ1) is 13.3. The van der Waals surface area contributed by atoms with Crippen LogP contribution in [0.2, 0.25) is 0 Å². The number of nitrogens with zero attached hydrogens (tertiary/aromatic N) is 1. The van der Waals surface area contributed by atoms with Crippen molar-refractivity contribution in [2.45, 2.75) is 6.42 Å². The van der Waals surface area contributed by atoms with Gasteiger partial charge in [-0.25, -0.2) is 0 Å². The number of primary amides is 1. The van der Waals surface area contributed by atoms with E-state index in [1.165, 1.54) is 6.20 Å². The number of pyridine rings is 1. The highest BCUT2D eigenvalue weighted by atomic mass is 16.3. The Bertz CT molecular complexity index is 808. The van der Waals surface area contributed by atoms with Crippen molar-refractivity contribution < 1.29 is 9.21 Å². The highest BCUT2D eigenvalue weighted by Gasteiger charge is 2.09. The van der Waals surface area contributed by atoms with Crippen LogP contribution in [0.5, 0.6) is 0 Å². The van der Waals surface area contributed by atoms with Crippen molar-refractivity contribution in [3.63, 3.8) is 0 Å². The molecule has 3 aromatic rings. The predicted molar refractivity (Wildman–Crippen MR) is 80.7 cm³/mol. The molecule has 0 fully saturated rings. The largest absolute Gasteiger partial charge is 0.464 e. The smallest absolute Gasteiger partial charge is 0.250 e. The van der Waals surface area contributed by atoms with E-state index in [-0.39, 0.29) is 0 Å². The normalized spacial score (nSPS) is 10.9. The summed E-state index contributed by atoms with van der Waals surface area (Å²) >= 11 is 0. The molecule has 0 unspecified atom stereocenters. The van der Waals surface area contributed by atoms with Gasteiger partial charge in [-0.2, -0.15) is 0 Å². The SMILES string of the molecule is NCCc1coc2ccc(-c3cncc(C(N)=O)c3)cc12. The number of carbonyl (C=O) groups excluding carboxylic acids is 1. The first-order chi connectivity index (χ1) is 10.2. The van der Waals surface area contributed by atoms with Crippen LogP contribution in [-0.4, -0.2) is 17.4 Å². The lowest BCUT2D eigenvalue weighted by Crippen LogP contribution is -2.11. The van der Waals surface area contributed by atoms with Crippen LogP contribution in [0.1, 0.15) is 15.9 Å². The molecule has 2 aromatic heterocycles. The first-order valence-electron chi connectivity index (χ1n) is 6.64. The van der Waals surface area contributed by atoms with Crippen molar-refractivity contribution in [1.29, 1.82) is 0 Å². The van der Waals surface area contributed by atoms with Gasteiger partial charge in [0.1, 0.15) is 5.58 Å². The molecular formula is C16H15N3O2. The number of amides is 1. The Hall–Kier alpha value is -2.66. The number of carbonyl (C=O) groups is 1. The topological polar surface area (TPSA) is 95.1 Å². The molecule has 5 heteroatoms. The van der Waals surface area contributed by atoms with Crippen LogP contribution in [-0.2, 0) is 6.42 Å². The molecule has 5 nitrogen and oxygen atoms in total. The number of fused-ring (bicyclic) bond motifs is 1. The Morgan fingerprint density at radius 2 is 2.05 bits per heavy atom. The molecule has 0 aliphatic heterocycles. The Kier molecular flexibility index (Phi) is 3.41. The molecule has 0 saturated heterocycles. The minimum atomic E-state index is -0.488. The monoisotopic (exact) mass is 281 g/mol. The molecule has 21 heavy (non-hydrogen) atoms. The van der Waals surface area contributed by atoms with Crippen molar-refractivity contribution in [3.05, 3.63) is 54.0 Å². The molecule has 0 saturated carbocycles. The summed E-state index contributed by atoms with van der Waals surface area (Å²) in [5.41, 5.74) is 15.0. The summed E-state index contributed by atoms with van der Waals surface area (Å²) in [6, 6.07) is 7.59. The number of hydrogen-bond acceptors (Lipinski definition) is 4. The standard InChI is InChI=1S/C16H15N3O2/c17-4-3-11-9-21-15-2-1-10(6-14(11)15)12-5-13(16(18)20)8-19-7-12/h1-2,5-9H,3-4,17H2,(H2,18,20). The van der Waals surface area contributed by atoms with E-state index in [2.05, 4.69) is 4.98 Å². The minimum absolute atomic E-state index is 0.391. The van der Waals surface area contributed by atoms with Crippen LogP contribution in [0.15, 0.2) is 47.3 Å². The van der Waals surface area contributed by atoms with Gasteiger partial charge in [0.25, 0.3) is 0 Å². The van der Waals surface area contributed by atoms with Crippen LogP contribution in [0.3, 0.4) is 0 Å². The van der Waals surface area contributed by atoms with Crippen molar-refractivity contribution in [2.24, 2.45) is 11.5 Å². The molecule has 2 heterocycles. The lowest BCUT2D eigenvalue weighted by molar-refractivity contribution is 0.1000. The van der Waals surface area contributed by atoms with Gasteiger partial charge in [0.05, 0.1) is 11.8 Å². The maximum atomic E-state index is 11.2. The molecule has 0 aliphatic rings. The zero-order chi connectivity index (χ0) is 14.8. The first-order valence-corrected chi connectivity index (χ1v) is 6.64. The number of nitrogens with two attached hydrogens (primary N) is 2. The second-order valence-corrected chi connectivity index (χ2v) is 4.84. The van der Waals surface area contributed by atoms with Gasteiger partial charge >= 0.3 is 0 Å². The Balaban J connectivity index is 2.09. The predicted octanol–water partition coefficient (Wildman–Crippen LogP) is 2.09. The van der Waals surface area contributed by atoms with E-state index < -0.39 is 5.91 Å². The maximum Gasteiger partial charge on any atom is 0.250 e. The Morgan fingerprint density at radius 1 is 1.19 bits per heavy atom. The summed E-state index contributed by atoms with van der Waals surface area (Å²) in [6.45, 7) is 0.567. The average Bonchev–Trinajstić information content (AvgIpc) is 2.90. The quantitative estimate of drug-likeness (QED) is 0.765. The van der Waals surface area contributed by atoms with Crippen molar-refractivity contribution in [3.8, 4) is 11.1 Å².